The van der Waals surface area contributed by atoms with E-state index in [0.29, 0.717) is 18.0 Å². The molecular formula is C16H20N2O2S. The zero-order valence-electron chi connectivity index (χ0n) is 12.1. The molecule has 0 bridgehead atoms. The lowest BCUT2D eigenvalue weighted by atomic mass is 10.2. The van der Waals surface area contributed by atoms with Gasteiger partial charge in [0, 0.05) is 19.6 Å². The molecule has 0 saturated carbocycles. The minimum Gasteiger partial charge on any atom is -0.329 e. The van der Waals surface area contributed by atoms with Crippen LogP contribution in [0.15, 0.2) is 59.5 Å². The fourth-order valence-corrected chi connectivity index (χ4v) is 3.69. The molecule has 0 amide bonds. The second-order valence-corrected chi connectivity index (χ2v) is 6.87. The van der Waals surface area contributed by atoms with Gasteiger partial charge in [-0.3, -0.25) is 0 Å². The highest BCUT2D eigenvalue weighted by Crippen LogP contribution is 2.19. The smallest absolute Gasteiger partial charge is 0.243 e. The minimum atomic E-state index is -3.53. The van der Waals surface area contributed by atoms with Crippen molar-refractivity contribution in [3.63, 3.8) is 0 Å². The molecule has 112 valence electrons. The molecule has 0 unspecified atom stereocenters. The SMILES string of the molecule is Cc1cccc(S(=O)(=O)N(CCN)Cc2ccccc2)c1. The topological polar surface area (TPSA) is 63.4 Å². The molecule has 0 fully saturated rings. The van der Waals surface area contributed by atoms with Gasteiger partial charge in [-0.1, -0.05) is 42.5 Å². The van der Waals surface area contributed by atoms with Gasteiger partial charge in [-0.15, -0.1) is 0 Å². The Labute approximate surface area is 126 Å². The monoisotopic (exact) mass is 304 g/mol. The first-order valence-electron chi connectivity index (χ1n) is 6.85. The van der Waals surface area contributed by atoms with Gasteiger partial charge in [0.05, 0.1) is 4.90 Å². The molecule has 2 N–H and O–H groups in total. The largest absolute Gasteiger partial charge is 0.329 e. The molecule has 21 heavy (non-hydrogen) atoms. The van der Waals surface area contributed by atoms with Crippen LogP contribution in [0.2, 0.25) is 0 Å². The summed E-state index contributed by atoms with van der Waals surface area (Å²) in [6, 6.07) is 16.5. The highest BCUT2D eigenvalue weighted by Gasteiger charge is 2.23. The van der Waals surface area contributed by atoms with Gasteiger partial charge in [0.25, 0.3) is 0 Å². The molecule has 0 aromatic heterocycles. The number of hydrogen-bond acceptors (Lipinski definition) is 3. The molecule has 0 spiro atoms. The van der Waals surface area contributed by atoms with E-state index in [4.69, 9.17) is 5.73 Å². The first-order chi connectivity index (χ1) is 10.0. The summed E-state index contributed by atoms with van der Waals surface area (Å²) >= 11 is 0. The summed E-state index contributed by atoms with van der Waals surface area (Å²) in [5.41, 5.74) is 7.45. The normalized spacial score (nSPS) is 11.8. The van der Waals surface area contributed by atoms with Gasteiger partial charge in [-0.25, -0.2) is 8.42 Å². The summed E-state index contributed by atoms with van der Waals surface area (Å²) in [7, 11) is -3.53. The van der Waals surface area contributed by atoms with Crippen molar-refractivity contribution in [2.45, 2.75) is 18.4 Å². The number of aryl methyl sites for hydroxylation is 1. The lowest BCUT2D eigenvalue weighted by Gasteiger charge is -2.22. The quantitative estimate of drug-likeness (QED) is 0.889. The lowest BCUT2D eigenvalue weighted by Crippen LogP contribution is -2.34. The fraction of sp³-hybridized carbons (Fsp3) is 0.250. The molecule has 0 radical (unpaired) electrons. The van der Waals surface area contributed by atoms with Crippen LogP contribution in [0.3, 0.4) is 0 Å². The van der Waals surface area contributed by atoms with Gasteiger partial charge in [-0.05, 0) is 30.2 Å². The number of benzene rings is 2. The zero-order chi connectivity index (χ0) is 15.3. The Bertz CT molecular complexity index is 684. The Morgan fingerprint density at radius 1 is 1.05 bits per heavy atom. The first kappa shape index (κ1) is 15.7. The molecule has 4 nitrogen and oxygen atoms in total. The molecule has 0 heterocycles. The maximum atomic E-state index is 12.7. The summed E-state index contributed by atoms with van der Waals surface area (Å²) in [5.74, 6) is 0. The van der Waals surface area contributed by atoms with Crippen molar-refractivity contribution < 1.29 is 8.42 Å². The number of hydrogen-bond donors (Lipinski definition) is 1. The van der Waals surface area contributed by atoms with Gasteiger partial charge in [0.2, 0.25) is 10.0 Å². The first-order valence-corrected chi connectivity index (χ1v) is 8.29. The second kappa shape index (κ2) is 6.85. The Hall–Kier alpha value is -1.69. The predicted octanol–water partition coefficient (Wildman–Crippen LogP) is 2.14. The molecule has 2 rings (SSSR count). The molecule has 5 heteroatoms. The van der Waals surface area contributed by atoms with E-state index in [-0.39, 0.29) is 6.54 Å². The van der Waals surface area contributed by atoms with E-state index >= 15 is 0 Å². The standard InChI is InChI=1S/C16H20N2O2S/c1-14-6-5-9-16(12-14)21(19,20)18(11-10-17)13-15-7-3-2-4-8-15/h2-9,12H,10-11,13,17H2,1H3. The Morgan fingerprint density at radius 2 is 1.76 bits per heavy atom. The van der Waals surface area contributed by atoms with Crippen LogP contribution in [0.1, 0.15) is 11.1 Å². The molecular weight excluding hydrogens is 284 g/mol. The van der Waals surface area contributed by atoms with Crippen LogP contribution in [0.5, 0.6) is 0 Å². The summed E-state index contributed by atoms with van der Waals surface area (Å²) < 4.78 is 26.9. The summed E-state index contributed by atoms with van der Waals surface area (Å²) in [6.45, 7) is 2.79. The molecule has 0 aliphatic carbocycles. The highest BCUT2D eigenvalue weighted by atomic mass is 32.2. The second-order valence-electron chi connectivity index (χ2n) is 4.93. The van der Waals surface area contributed by atoms with Crippen molar-refractivity contribution in [2.24, 2.45) is 5.73 Å². The summed E-state index contributed by atoms with van der Waals surface area (Å²) in [5, 5.41) is 0. The van der Waals surface area contributed by atoms with E-state index in [9.17, 15) is 8.42 Å². The van der Waals surface area contributed by atoms with Gasteiger partial charge >= 0.3 is 0 Å². The summed E-state index contributed by atoms with van der Waals surface area (Å²) in [4.78, 5) is 0.312. The maximum Gasteiger partial charge on any atom is 0.243 e. The van der Waals surface area contributed by atoms with Crippen molar-refractivity contribution in [3.8, 4) is 0 Å². The molecule has 0 aliphatic rings. The Kier molecular flexibility index (Phi) is 5.12. The zero-order valence-corrected chi connectivity index (χ0v) is 12.9. The number of nitrogens with two attached hydrogens (primary N) is 1. The molecule has 0 saturated heterocycles. The van der Waals surface area contributed by atoms with Gasteiger partial charge in [-0.2, -0.15) is 4.31 Å². The van der Waals surface area contributed by atoms with Crippen LogP contribution >= 0.6 is 0 Å². The van der Waals surface area contributed by atoms with Crippen molar-refractivity contribution in [2.75, 3.05) is 13.1 Å². The molecule has 0 aliphatic heterocycles. The average Bonchev–Trinajstić information content (AvgIpc) is 2.48. The Balaban J connectivity index is 2.32. The number of sulfonamides is 1. The summed E-state index contributed by atoms with van der Waals surface area (Å²) in [6.07, 6.45) is 0. The van der Waals surface area contributed by atoms with Gasteiger partial charge in [0.15, 0.2) is 0 Å². The van der Waals surface area contributed by atoms with Crippen molar-refractivity contribution in [3.05, 3.63) is 65.7 Å². The van der Waals surface area contributed by atoms with Crippen molar-refractivity contribution in [1.29, 1.82) is 0 Å². The van der Waals surface area contributed by atoms with E-state index in [1.807, 2.05) is 43.3 Å². The van der Waals surface area contributed by atoms with E-state index in [1.54, 1.807) is 18.2 Å². The third-order valence-electron chi connectivity index (χ3n) is 3.21. The van der Waals surface area contributed by atoms with Crippen LogP contribution in [-0.4, -0.2) is 25.8 Å². The molecule has 2 aromatic carbocycles. The van der Waals surface area contributed by atoms with Crippen LogP contribution in [0.25, 0.3) is 0 Å². The lowest BCUT2D eigenvalue weighted by molar-refractivity contribution is 0.414. The fourth-order valence-electron chi connectivity index (χ4n) is 2.14. The van der Waals surface area contributed by atoms with Crippen molar-refractivity contribution >= 4 is 10.0 Å². The van der Waals surface area contributed by atoms with Gasteiger partial charge in [0.1, 0.15) is 0 Å². The van der Waals surface area contributed by atoms with Crippen molar-refractivity contribution in [1.82, 2.24) is 4.31 Å². The van der Waals surface area contributed by atoms with E-state index < -0.39 is 10.0 Å². The predicted molar refractivity (Wildman–Crippen MR) is 84.3 cm³/mol. The minimum absolute atomic E-state index is 0.290. The Morgan fingerprint density at radius 3 is 2.38 bits per heavy atom. The van der Waals surface area contributed by atoms with Crippen LogP contribution in [0, 0.1) is 6.92 Å². The van der Waals surface area contributed by atoms with E-state index in [0.717, 1.165) is 11.1 Å². The van der Waals surface area contributed by atoms with E-state index in [2.05, 4.69) is 0 Å². The number of nitrogens with zero attached hydrogens (tertiary/aromatic N) is 1. The van der Waals surface area contributed by atoms with E-state index in [1.165, 1.54) is 4.31 Å². The van der Waals surface area contributed by atoms with Crippen LogP contribution in [0.4, 0.5) is 0 Å². The van der Waals surface area contributed by atoms with Crippen LogP contribution in [-0.2, 0) is 16.6 Å². The number of rotatable bonds is 6. The van der Waals surface area contributed by atoms with Gasteiger partial charge < -0.3 is 5.73 Å². The van der Waals surface area contributed by atoms with Crippen LogP contribution < -0.4 is 5.73 Å². The maximum absolute atomic E-state index is 12.7. The third-order valence-corrected chi connectivity index (χ3v) is 5.05. The molecule has 0 atom stereocenters. The third kappa shape index (κ3) is 3.91. The molecule has 2 aromatic rings. The average molecular weight is 304 g/mol. The highest BCUT2D eigenvalue weighted by molar-refractivity contribution is 7.89.